The third kappa shape index (κ3) is 7.02. The summed E-state index contributed by atoms with van der Waals surface area (Å²) in [6.45, 7) is 5.50. The predicted octanol–water partition coefficient (Wildman–Crippen LogP) is 3.25. The van der Waals surface area contributed by atoms with E-state index in [9.17, 15) is 5.11 Å². The molecule has 0 saturated carbocycles. The summed E-state index contributed by atoms with van der Waals surface area (Å²) in [5.74, 6) is 0. The van der Waals surface area contributed by atoms with Gasteiger partial charge in [0.2, 0.25) is 0 Å². The molecule has 0 aliphatic carbocycles. The van der Waals surface area contributed by atoms with Crippen LogP contribution in [0.2, 0.25) is 0 Å². The minimum atomic E-state index is -0.453. The zero-order valence-electron chi connectivity index (χ0n) is 11.4. The van der Waals surface area contributed by atoms with E-state index in [1.807, 2.05) is 13.8 Å². The van der Waals surface area contributed by atoms with Crippen molar-refractivity contribution in [2.24, 2.45) is 0 Å². The Morgan fingerprint density at radius 3 is 2.29 bits per heavy atom. The van der Waals surface area contributed by atoms with E-state index in [4.69, 9.17) is 9.47 Å². The highest BCUT2D eigenvalue weighted by atomic mass is 16.7. The molecule has 1 atom stereocenters. The molecule has 1 aliphatic rings. The second kappa shape index (κ2) is 8.06. The van der Waals surface area contributed by atoms with Crippen LogP contribution in [0.25, 0.3) is 0 Å². The summed E-state index contributed by atoms with van der Waals surface area (Å²) in [6, 6.07) is 0. The first kappa shape index (κ1) is 14.9. The lowest BCUT2D eigenvalue weighted by Crippen LogP contribution is -2.22. The molecule has 0 aromatic heterocycles. The standard InChI is InChI=1S/C14H28O3/c1-3-14(2,15)10-8-6-4-5-7-9-13-16-11-12-17-13/h13,15H,3-12H2,1-2H3. The Balaban J connectivity index is 1.84. The normalized spacial score (nSPS) is 20.6. The van der Waals surface area contributed by atoms with Gasteiger partial charge in [0.05, 0.1) is 18.8 Å². The number of hydrogen-bond acceptors (Lipinski definition) is 3. The van der Waals surface area contributed by atoms with Gasteiger partial charge >= 0.3 is 0 Å². The second-order valence-corrected chi connectivity index (χ2v) is 5.33. The molecule has 3 nitrogen and oxygen atoms in total. The van der Waals surface area contributed by atoms with Crippen LogP contribution in [0.1, 0.15) is 65.2 Å². The van der Waals surface area contributed by atoms with Crippen molar-refractivity contribution in [2.75, 3.05) is 13.2 Å². The third-order valence-electron chi connectivity index (χ3n) is 3.61. The van der Waals surface area contributed by atoms with Crippen LogP contribution < -0.4 is 0 Å². The van der Waals surface area contributed by atoms with Gasteiger partial charge in [0.25, 0.3) is 0 Å². The van der Waals surface area contributed by atoms with Gasteiger partial charge in [-0.15, -0.1) is 0 Å². The van der Waals surface area contributed by atoms with Crippen LogP contribution >= 0.6 is 0 Å². The molecule has 1 aliphatic heterocycles. The number of aliphatic hydroxyl groups is 1. The van der Waals surface area contributed by atoms with E-state index in [-0.39, 0.29) is 6.29 Å². The predicted molar refractivity (Wildman–Crippen MR) is 68.9 cm³/mol. The summed E-state index contributed by atoms with van der Waals surface area (Å²) >= 11 is 0. The van der Waals surface area contributed by atoms with Crippen LogP contribution in [0.3, 0.4) is 0 Å². The van der Waals surface area contributed by atoms with Gasteiger partial charge in [-0.25, -0.2) is 0 Å². The Labute approximate surface area is 105 Å². The topological polar surface area (TPSA) is 38.7 Å². The summed E-state index contributed by atoms with van der Waals surface area (Å²) < 4.78 is 10.8. The molecule has 0 spiro atoms. The summed E-state index contributed by atoms with van der Waals surface area (Å²) in [5.41, 5.74) is -0.453. The van der Waals surface area contributed by atoms with Crippen molar-refractivity contribution in [1.29, 1.82) is 0 Å². The van der Waals surface area contributed by atoms with Gasteiger partial charge in [-0.2, -0.15) is 0 Å². The van der Waals surface area contributed by atoms with Crippen molar-refractivity contribution in [3.05, 3.63) is 0 Å². The van der Waals surface area contributed by atoms with Crippen molar-refractivity contribution >= 4 is 0 Å². The average Bonchev–Trinajstić information content (AvgIpc) is 2.81. The lowest BCUT2D eigenvalue weighted by atomic mass is 9.95. The molecule has 1 rings (SSSR count). The van der Waals surface area contributed by atoms with Crippen molar-refractivity contribution in [3.8, 4) is 0 Å². The number of unbranched alkanes of at least 4 members (excludes halogenated alkanes) is 4. The Kier molecular flexibility index (Phi) is 7.09. The fourth-order valence-corrected chi connectivity index (χ4v) is 2.10. The van der Waals surface area contributed by atoms with Gasteiger partial charge < -0.3 is 14.6 Å². The average molecular weight is 244 g/mol. The summed E-state index contributed by atoms with van der Waals surface area (Å²) in [7, 11) is 0. The zero-order chi connectivity index (χ0) is 12.6. The van der Waals surface area contributed by atoms with Crippen molar-refractivity contribution in [2.45, 2.75) is 77.1 Å². The Bertz CT molecular complexity index is 186. The highest BCUT2D eigenvalue weighted by molar-refractivity contribution is 4.69. The molecule has 102 valence electrons. The van der Waals surface area contributed by atoms with Gasteiger partial charge in [-0.1, -0.05) is 32.6 Å². The molecule has 0 bridgehead atoms. The van der Waals surface area contributed by atoms with E-state index < -0.39 is 5.60 Å². The summed E-state index contributed by atoms with van der Waals surface area (Å²) in [5, 5.41) is 9.84. The minimum absolute atomic E-state index is 0.0656. The quantitative estimate of drug-likeness (QED) is 0.633. The van der Waals surface area contributed by atoms with E-state index >= 15 is 0 Å². The van der Waals surface area contributed by atoms with Crippen LogP contribution in [-0.4, -0.2) is 30.2 Å². The van der Waals surface area contributed by atoms with Crippen LogP contribution in [-0.2, 0) is 9.47 Å². The van der Waals surface area contributed by atoms with Gasteiger partial charge in [0.1, 0.15) is 0 Å². The van der Waals surface area contributed by atoms with E-state index in [0.29, 0.717) is 0 Å². The number of rotatable bonds is 9. The highest BCUT2D eigenvalue weighted by Gasteiger charge is 2.16. The van der Waals surface area contributed by atoms with Crippen LogP contribution in [0.15, 0.2) is 0 Å². The highest BCUT2D eigenvalue weighted by Crippen LogP contribution is 2.19. The van der Waals surface area contributed by atoms with Crippen LogP contribution in [0, 0.1) is 0 Å². The zero-order valence-corrected chi connectivity index (χ0v) is 11.4. The largest absolute Gasteiger partial charge is 0.390 e. The first-order chi connectivity index (χ1) is 8.14. The molecular weight excluding hydrogens is 216 g/mol. The van der Waals surface area contributed by atoms with E-state index in [2.05, 4.69) is 0 Å². The fourth-order valence-electron chi connectivity index (χ4n) is 2.10. The first-order valence-corrected chi connectivity index (χ1v) is 7.09. The molecule has 17 heavy (non-hydrogen) atoms. The molecule has 0 radical (unpaired) electrons. The molecule has 0 aromatic rings. The molecule has 3 heteroatoms. The third-order valence-corrected chi connectivity index (χ3v) is 3.61. The first-order valence-electron chi connectivity index (χ1n) is 7.09. The lowest BCUT2D eigenvalue weighted by Gasteiger charge is -2.20. The van der Waals surface area contributed by atoms with Gasteiger partial charge in [-0.3, -0.25) is 0 Å². The maximum atomic E-state index is 9.84. The molecule has 1 saturated heterocycles. The van der Waals surface area contributed by atoms with Crippen LogP contribution in [0.4, 0.5) is 0 Å². The van der Waals surface area contributed by atoms with Gasteiger partial charge in [0, 0.05) is 0 Å². The van der Waals surface area contributed by atoms with Crippen LogP contribution in [0.5, 0.6) is 0 Å². The second-order valence-electron chi connectivity index (χ2n) is 5.33. The van der Waals surface area contributed by atoms with Crippen molar-refractivity contribution in [1.82, 2.24) is 0 Å². The minimum Gasteiger partial charge on any atom is -0.390 e. The number of ether oxygens (including phenoxy) is 2. The molecule has 0 amide bonds. The fraction of sp³-hybridized carbons (Fsp3) is 1.00. The molecule has 1 fully saturated rings. The summed E-state index contributed by atoms with van der Waals surface area (Å²) in [4.78, 5) is 0. The molecule has 0 aromatic carbocycles. The van der Waals surface area contributed by atoms with Crippen molar-refractivity contribution < 1.29 is 14.6 Å². The van der Waals surface area contributed by atoms with E-state index in [1.165, 1.54) is 25.7 Å². The SMILES string of the molecule is CCC(C)(O)CCCCCCCC1OCCO1. The van der Waals surface area contributed by atoms with Crippen molar-refractivity contribution in [3.63, 3.8) is 0 Å². The van der Waals surface area contributed by atoms with E-state index in [1.54, 1.807) is 0 Å². The molecule has 1 heterocycles. The summed E-state index contributed by atoms with van der Waals surface area (Å²) in [6.07, 6.45) is 8.93. The molecule has 1 N–H and O–H groups in total. The lowest BCUT2D eigenvalue weighted by molar-refractivity contribution is -0.0480. The smallest absolute Gasteiger partial charge is 0.157 e. The Morgan fingerprint density at radius 1 is 1.06 bits per heavy atom. The monoisotopic (exact) mass is 244 g/mol. The Hall–Kier alpha value is -0.120. The maximum Gasteiger partial charge on any atom is 0.157 e. The molecular formula is C14H28O3. The maximum absolute atomic E-state index is 9.84. The van der Waals surface area contributed by atoms with Gasteiger partial charge in [0.15, 0.2) is 6.29 Å². The number of hydrogen-bond donors (Lipinski definition) is 1. The van der Waals surface area contributed by atoms with E-state index in [0.717, 1.165) is 38.9 Å². The van der Waals surface area contributed by atoms with Gasteiger partial charge in [-0.05, 0) is 32.6 Å². The molecule has 1 unspecified atom stereocenters. The Morgan fingerprint density at radius 2 is 1.65 bits per heavy atom.